The van der Waals surface area contributed by atoms with Crippen LogP contribution >= 0.6 is 0 Å². The minimum absolute atomic E-state index is 0. The number of rotatable bonds is 6. The van der Waals surface area contributed by atoms with E-state index in [0.29, 0.717) is 0 Å². The van der Waals surface area contributed by atoms with Gasteiger partial charge in [-0.15, -0.1) is 0 Å². The van der Waals surface area contributed by atoms with E-state index in [4.69, 9.17) is 35.7 Å². The van der Waals surface area contributed by atoms with Crippen LogP contribution in [0.3, 0.4) is 0 Å². The van der Waals surface area contributed by atoms with E-state index in [1.807, 2.05) is 0 Å². The molecule has 15 N–H and O–H groups in total. The van der Waals surface area contributed by atoms with E-state index in [2.05, 4.69) is 0 Å². The molecular weight excluding hydrogens is 492 g/mol. The Labute approximate surface area is 171 Å². The zero-order valence-corrected chi connectivity index (χ0v) is 15.1. The zero-order valence-electron chi connectivity index (χ0n) is 12.0. The minimum atomic E-state index is -2.38. The summed E-state index contributed by atoms with van der Waals surface area (Å²) in [6.45, 7) is 0. The van der Waals surface area contributed by atoms with Crippen molar-refractivity contribution in [3.05, 3.63) is 0 Å². The van der Waals surface area contributed by atoms with E-state index >= 15 is 0 Å². The third-order valence-electron chi connectivity index (χ3n) is 1.60. The molecule has 0 rings (SSSR count). The number of hydrogen-bond donors (Lipinski definition) is 7. The van der Waals surface area contributed by atoms with Crippen LogP contribution < -0.4 is 5.11 Å². The van der Waals surface area contributed by atoms with Crippen LogP contribution in [0.25, 0.3) is 0 Å². The normalized spacial score (nSPS) is 12.6. The van der Waals surface area contributed by atoms with Gasteiger partial charge < -0.3 is 67.6 Å². The molecule has 0 saturated carbocycles. The molecule has 0 aromatic rings. The van der Waals surface area contributed by atoms with Crippen molar-refractivity contribution in [2.45, 2.75) is 24.4 Å². The van der Waals surface area contributed by atoms with E-state index < -0.39 is 48.3 Å². The number of aliphatic hydroxyl groups excluding tert-OH is 4. The number of carbonyl (C=O) groups is 4. The van der Waals surface area contributed by atoms with Crippen molar-refractivity contribution < 1.29 is 124 Å². The molecule has 25 heavy (non-hydrogen) atoms. The molecule has 0 radical (unpaired) electrons. The topological polar surface area (TPSA) is 359 Å². The summed E-state index contributed by atoms with van der Waals surface area (Å²) in [6, 6.07) is 0. The van der Waals surface area contributed by atoms with Crippen LogP contribution in [0.5, 0.6) is 0 Å². The summed E-state index contributed by atoms with van der Waals surface area (Å²) in [6.07, 6.45) is -9.24. The van der Waals surface area contributed by atoms with Crippen molar-refractivity contribution in [1.29, 1.82) is 0 Å². The van der Waals surface area contributed by atoms with Crippen molar-refractivity contribution >= 4 is 23.9 Å². The van der Waals surface area contributed by atoms with Crippen molar-refractivity contribution in [1.82, 2.24) is 0 Å². The van der Waals surface area contributed by atoms with Crippen LogP contribution in [-0.4, -0.2) is 106 Å². The van der Waals surface area contributed by atoms with Crippen LogP contribution in [0, 0.1) is 41.7 Å². The maximum atomic E-state index is 9.77. The molecule has 0 aromatic heterocycles. The Kier molecular flexibility index (Phi) is 36.8. The first-order chi connectivity index (χ1) is 8.93. The zero-order chi connectivity index (χ0) is 16.6. The Balaban J connectivity index is -0.0000000432. The van der Waals surface area contributed by atoms with E-state index in [-0.39, 0.29) is 63.7 Å². The summed E-state index contributed by atoms with van der Waals surface area (Å²) >= 11 is 0. The van der Waals surface area contributed by atoms with E-state index in [0.717, 1.165) is 0 Å². The number of aliphatic hydroxyl groups is 4. The molecule has 0 fully saturated rings. The first-order valence-electron chi connectivity index (χ1n) is 4.55. The molecule has 152 valence electrons. The van der Waals surface area contributed by atoms with Gasteiger partial charge >= 0.3 is 17.9 Å². The van der Waals surface area contributed by atoms with Gasteiger partial charge in [0.15, 0.2) is 18.3 Å². The van der Waals surface area contributed by atoms with Gasteiger partial charge in [-0.05, 0) is 0 Å². The summed E-state index contributed by atoms with van der Waals surface area (Å²) in [7, 11) is 0. The molecule has 0 spiro atoms. The van der Waals surface area contributed by atoms with E-state index in [9.17, 15) is 24.3 Å². The second kappa shape index (κ2) is 21.0. The summed E-state index contributed by atoms with van der Waals surface area (Å²) in [4.78, 5) is 38.9. The predicted molar refractivity (Wildman–Crippen MR) is 66.4 cm³/mol. The number of aliphatic carboxylic acids is 4. The van der Waals surface area contributed by atoms with Gasteiger partial charge in [-0.25, -0.2) is 14.4 Å². The van der Waals surface area contributed by atoms with Gasteiger partial charge in [-0.1, -0.05) is 0 Å². The maximum Gasteiger partial charge on any atom is 0.335 e. The second-order valence-electron chi connectivity index (χ2n) is 3.11. The molecule has 0 amide bonds. The second-order valence-corrected chi connectivity index (χ2v) is 3.11. The molecule has 0 heterocycles. The Morgan fingerprint density at radius 2 is 0.720 bits per heavy atom. The van der Waals surface area contributed by atoms with Crippen molar-refractivity contribution in [2.75, 3.05) is 0 Å². The molecule has 0 saturated heterocycles. The van der Waals surface area contributed by atoms with Crippen LogP contribution in [0.1, 0.15) is 0 Å². The molecule has 0 aliphatic heterocycles. The van der Waals surface area contributed by atoms with Gasteiger partial charge in [0.05, 0.1) is 5.97 Å². The van der Waals surface area contributed by atoms with Gasteiger partial charge in [-0.3, -0.25) is 0 Å². The number of hydrogen-bond acceptors (Lipinski definition) is 9. The average Bonchev–Trinajstić information content (AvgIpc) is 2.35. The Morgan fingerprint density at radius 1 is 0.560 bits per heavy atom. The van der Waals surface area contributed by atoms with Crippen LogP contribution in [0.15, 0.2) is 0 Å². The first-order valence-corrected chi connectivity index (χ1v) is 4.55. The third-order valence-corrected chi connectivity index (χ3v) is 1.60. The van der Waals surface area contributed by atoms with Crippen molar-refractivity contribution in [3.8, 4) is 0 Å². The summed E-state index contributed by atoms with van der Waals surface area (Å²) in [5.74, 6) is -7.36. The molecule has 17 heteroatoms. The number of carbonyl (C=O) groups excluding carboxylic acids is 1. The Morgan fingerprint density at radius 3 is 0.800 bits per heavy atom. The molecule has 4 unspecified atom stereocenters. The van der Waals surface area contributed by atoms with Crippen LogP contribution in [0.2, 0.25) is 0 Å². The molecule has 4 atom stereocenters. The summed E-state index contributed by atoms with van der Waals surface area (Å²) in [5.41, 5.74) is 0. The van der Waals surface area contributed by atoms with Gasteiger partial charge in [0.2, 0.25) is 0 Å². The van der Waals surface area contributed by atoms with Gasteiger partial charge in [-0.2, -0.15) is 0 Å². The first kappa shape index (κ1) is 43.9. The fraction of sp³-hybridized carbons (Fsp3) is 0.500. The fourth-order valence-electron chi connectivity index (χ4n) is 0.534. The van der Waals surface area contributed by atoms with E-state index in [1.54, 1.807) is 0 Å². The molecule has 0 aromatic carbocycles. The molecule has 0 aliphatic carbocycles. The summed E-state index contributed by atoms with van der Waals surface area (Å²) < 4.78 is 0. The molecular formula is C8H19CeO16-. The Bertz CT molecular complexity index is 312. The monoisotopic (exact) mass is 511 g/mol. The van der Waals surface area contributed by atoms with Gasteiger partial charge in [0.1, 0.15) is 6.10 Å². The van der Waals surface area contributed by atoms with Crippen molar-refractivity contribution in [3.63, 3.8) is 0 Å². The Hall–Kier alpha value is -1.06. The number of carboxylic acids is 4. The standard InChI is InChI=1S/2C4H6O6.Ce.4H2O/c2*5-1(3(7)8)2(6)4(9)10;;;;;/h2*1-2,5-6H,(H,7,8)(H,9,10);;4*1H2/p-1. The van der Waals surface area contributed by atoms with Crippen LogP contribution in [0.4, 0.5) is 0 Å². The fourth-order valence-corrected chi connectivity index (χ4v) is 0.534. The van der Waals surface area contributed by atoms with Gasteiger partial charge in [0.25, 0.3) is 0 Å². The quantitative estimate of drug-likeness (QED) is 0.175. The van der Waals surface area contributed by atoms with Crippen LogP contribution in [-0.2, 0) is 19.2 Å². The molecule has 0 aliphatic rings. The van der Waals surface area contributed by atoms with E-state index in [1.165, 1.54) is 0 Å². The summed E-state index contributed by atoms with van der Waals surface area (Å²) in [5, 5.41) is 66.7. The number of carboxylic acid groups (broad SMARTS) is 4. The predicted octanol–water partition coefficient (Wildman–Crippen LogP) is -8.88. The maximum absolute atomic E-state index is 9.77. The SMILES string of the molecule is O.O.O.O.O=C(O)C(O)C(O)C(=O)O.O=C([O-])C(O)C(O)C(=O)O.[Ce]. The average molecular weight is 511 g/mol. The van der Waals surface area contributed by atoms with Crippen molar-refractivity contribution in [2.24, 2.45) is 0 Å². The third kappa shape index (κ3) is 19.1. The molecule has 0 bridgehead atoms. The minimum Gasteiger partial charge on any atom is -0.547 e. The smallest absolute Gasteiger partial charge is 0.335 e. The largest absolute Gasteiger partial charge is 0.547 e. The molecule has 16 nitrogen and oxygen atoms in total. The van der Waals surface area contributed by atoms with Gasteiger partial charge in [0, 0.05) is 41.7 Å².